The summed E-state index contributed by atoms with van der Waals surface area (Å²) in [5.41, 5.74) is 12.6. The first-order chi connectivity index (χ1) is 11.1. The van der Waals surface area contributed by atoms with E-state index in [4.69, 9.17) is 5.73 Å². The standard InChI is InChI=1S/C18H21N3OS/c1-11-17(23-10-20-11)13-4-6-14-12(9-13)5-7-15(14)21-8-2-3-16(21)18(19)22/h4,6,9-10,15-16H,2-3,5,7-8H2,1H3,(H2,19,22)/t15-,16?/m1/s1. The van der Waals surface area contributed by atoms with E-state index >= 15 is 0 Å². The van der Waals surface area contributed by atoms with Gasteiger partial charge in [-0.3, -0.25) is 9.69 Å². The third-order valence-electron chi connectivity index (χ3n) is 5.22. The highest BCUT2D eigenvalue weighted by Crippen LogP contribution is 2.41. The van der Waals surface area contributed by atoms with Gasteiger partial charge < -0.3 is 5.73 Å². The van der Waals surface area contributed by atoms with Gasteiger partial charge in [0.2, 0.25) is 5.91 Å². The summed E-state index contributed by atoms with van der Waals surface area (Å²) in [5.74, 6) is -0.173. The van der Waals surface area contributed by atoms with E-state index in [1.54, 1.807) is 11.3 Å². The lowest BCUT2D eigenvalue weighted by atomic mass is 10.0. The summed E-state index contributed by atoms with van der Waals surface area (Å²) in [5, 5.41) is 0. The van der Waals surface area contributed by atoms with Gasteiger partial charge in [-0.05, 0) is 61.9 Å². The Hall–Kier alpha value is -1.72. The minimum Gasteiger partial charge on any atom is -0.368 e. The number of hydrogen-bond donors (Lipinski definition) is 1. The van der Waals surface area contributed by atoms with E-state index in [9.17, 15) is 4.79 Å². The molecule has 0 radical (unpaired) electrons. The molecule has 2 atom stereocenters. The number of thiazole rings is 1. The number of rotatable bonds is 3. The molecule has 2 N–H and O–H groups in total. The van der Waals surface area contributed by atoms with E-state index in [1.807, 2.05) is 5.51 Å². The van der Waals surface area contributed by atoms with Crippen LogP contribution < -0.4 is 5.73 Å². The van der Waals surface area contributed by atoms with Gasteiger partial charge in [-0.25, -0.2) is 4.98 Å². The molecule has 2 aromatic rings. The van der Waals surface area contributed by atoms with Crippen LogP contribution in [0.2, 0.25) is 0 Å². The van der Waals surface area contributed by atoms with Gasteiger partial charge in [0.05, 0.1) is 22.1 Å². The van der Waals surface area contributed by atoms with Gasteiger partial charge in [-0.2, -0.15) is 0 Å². The molecule has 0 saturated carbocycles. The van der Waals surface area contributed by atoms with Crippen molar-refractivity contribution in [2.75, 3.05) is 6.54 Å². The fourth-order valence-corrected chi connectivity index (χ4v) is 4.93. The maximum absolute atomic E-state index is 11.7. The van der Waals surface area contributed by atoms with Crippen molar-refractivity contribution in [3.8, 4) is 10.4 Å². The predicted molar refractivity (Wildman–Crippen MR) is 92.3 cm³/mol. The Bertz CT molecular complexity index is 754. The highest BCUT2D eigenvalue weighted by atomic mass is 32.1. The van der Waals surface area contributed by atoms with Crippen LogP contribution in [0, 0.1) is 6.92 Å². The Morgan fingerprint density at radius 2 is 2.26 bits per heavy atom. The number of primary amides is 1. The molecule has 1 aliphatic heterocycles. The fraction of sp³-hybridized carbons (Fsp3) is 0.444. The number of hydrogen-bond acceptors (Lipinski definition) is 4. The minimum absolute atomic E-state index is 0.0885. The average Bonchev–Trinajstić information content (AvgIpc) is 3.24. The number of nitrogens with two attached hydrogens (primary N) is 1. The number of likely N-dealkylation sites (tertiary alicyclic amines) is 1. The summed E-state index contributed by atoms with van der Waals surface area (Å²) in [7, 11) is 0. The molecule has 2 heterocycles. The van der Waals surface area contributed by atoms with Crippen LogP contribution in [0.15, 0.2) is 23.7 Å². The molecule has 4 rings (SSSR count). The van der Waals surface area contributed by atoms with Crippen LogP contribution in [-0.2, 0) is 11.2 Å². The summed E-state index contributed by atoms with van der Waals surface area (Å²) in [6.45, 7) is 3.04. The van der Waals surface area contributed by atoms with Crippen molar-refractivity contribution in [2.45, 2.75) is 44.7 Å². The lowest BCUT2D eigenvalue weighted by Gasteiger charge is -2.29. The molecule has 0 spiro atoms. The molecule has 1 unspecified atom stereocenters. The average molecular weight is 327 g/mol. The van der Waals surface area contributed by atoms with Crippen LogP contribution in [0.1, 0.15) is 42.1 Å². The number of fused-ring (bicyclic) bond motifs is 1. The minimum atomic E-state index is -0.173. The second kappa shape index (κ2) is 5.73. The van der Waals surface area contributed by atoms with Crippen LogP contribution in [0.3, 0.4) is 0 Å². The Kier molecular flexibility index (Phi) is 3.70. The summed E-state index contributed by atoms with van der Waals surface area (Å²) < 4.78 is 0. The third-order valence-corrected chi connectivity index (χ3v) is 6.20. The molecule has 1 aromatic heterocycles. The van der Waals surface area contributed by atoms with Gasteiger partial charge in [0.1, 0.15) is 0 Å². The van der Waals surface area contributed by atoms with E-state index in [0.717, 1.165) is 37.9 Å². The van der Waals surface area contributed by atoms with Gasteiger partial charge in [0.25, 0.3) is 0 Å². The van der Waals surface area contributed by atoms with E-state index in [2.05, 4.69) is 35.0 Å². The molecule has 5 heteroatoms. The molecule has 2 aliphatic rings. The number of benzene rings is 1. The largest absolute Gasteiger partial charge is 0.368 e. The van der Waals surface area contributed by atoms with Gasteiger partial charge in [-0.15, -0.1) is 11.3 Å². The second-order valence-electron chi connectivity index (χ2n) is 6.53. The topological polar surface area (TPSA) is 59.2 Å². The zero-order chi connectivity index (χ0) is 16.0. The molecule has 1 aliphatic carbocycles. The van der Waals surface area contributed by atoms with E-state index in [1.165, 1.54) is 21.6 Å². The molecule has 1 aromatic carbocycles. The highest BCUT2D eigenvalue weighted by Gasteiger charge is 2.37. The van der Waals surface area contributed by atoms with Crippen LogP contribution in [0.5, 0.6) is 0 Å². The van der Waals surface area contributed by atoms with E-state index in [0.29, 0.717) is 6.04 Å². The van der Waals surface area contributed by atoms with Crippen LogP contribution in [-0.4, -0.2) is 28.4 Å². The van der Waals surface area contributed by atoms with Gasteiger partial charge in [-0.1, -0.05) is 12.1 Å². The predicted octanol–water partition coefficient (Wildman–Crippen LogP) is 3.06. The monoisotopic (exact) mass is 327 g/mol. The van der Waals surface area contributed by atoms with Crippen molar-refractivity contribution >= 4 is 17.2 Å². The van der Waals surface area contributed by atoms with Gasteiger partial charge in [0, 0.05) is 6.04 Å². The lowest BCUT2D eigenvalue weighted by molar-refractivity contribution is -0.123. The van der Waals surface area contributed by atoms with Crippen LogP contribution >= 0.6 is 11.3 Å². The summed E-state index contributed by atoms with van der Waals surface area (Å²) in [6, 6.07) is 7.02. The summed E-state index contributed by atoms with van der Waals surface area (Å²) in [6.07, 6.45) is 4.13. The first-order valence-corrected chi connectivity index (χ1v) is 9.11. The first-order valence-electron chi connectivity index (χ1n) is 8.23. The van der Waals surface area contributed by atoms with Gasteiger partial charge >= 0.3 is 0 Å². The molecule has 1 fully saturated rings. The number of carbonyl (C=O) groups is 1. The van der Waals surface area contributed by atoms with E-state index in [-0.39, 0.29) is 11.9 Å². The van der Waals surface area contributed by atoms with Crippen LogP contribution in [0.4, 0.5) is 0 Å². The molecule has 1 amide bonds. The Labute approximate surface area is 140 Å². The number of amides is 1. The lowest BCUT2D eigenvalue weighted by Crippen LogP contribution is -2.41. The van der Waals surface area contributed by atoms with Gasteiger partial charge in [0.15, 0.2) is 0 Å². The van der Waals surface area contributed by atoms with Crippen molar-refractivity contribution in [1.82, 2.24) is 9.88 Å². The molecule has 23 heavy (non-hydrogen) atoms. The van der Waals surface area contributed by atoms with E-state index < -0.39 is 0 Å². The van der Waals surface area contributed by atoms with Crippen LogP contribution in [0.25, 0.3) is 10.4 Å². The number of nitrogens with zero attached hydrogens (tertiary/aromatic N) is 2. The summed E-state index contributed by atoms with van der Waals surface area (Å²) >= 11 is 1.70. The zero-order valence-electron chi connectivity index (χ0n) is 13.3. The number of aryl methyl sites for hydroxylation is 2. The molecule has 4 nitrogen and oxygen atoms in total. The summed E-state index contributed by atoms with van der Waals surface area (Å²) in [4.78, 5) is 19.6. The number of carbonyl (C=O) groups excluding carboxylic acids is 1. The van der Waals surface area contributed by atoms with Crippen molar-refractivity contribution in [3.63, 3.8) is 0 Å². The maximum Gasteiger partial charge on any atom is 0.234 e. The Morgan fingerprint density at radius 1 is 1.39 bits per heavy atom. The second-order valence-corrected chi connectivity index (χ2v) is 7.39. The zero-order valence-corrected chi connectivity index (χ0v) is 14.1. The van der Waals surface area contributed by atoms with Crippen molar-refractivity contribution < 1.29 is 4.79 Å². The SMILES string of the molecule is Cc1ncsc1-c1ccc2c(c1)CC[C@H]2N1CCCC1C(N)=O. The Morgan fingerprint density at radius 3 is 3.00 bits per heavy atom. The smallest absolute Gasteiger partial charge is 0.234 e. The quantitative estimate of drug-likeness (QED) is 0.942. The molecule has 0 bridgehead atoms. The third kappa shape index (κ3) is 2.48. The highest BCUT2D eigenvalue weighted by molar-refractivity contribution is 7.13. The molecular formula is C18H21N3OS. The fourth-order valence-electron chi connectivity index (χ4n) is 4.13. The molecular weight excluding hydrogens is 306 g/mol. The van der Waals surface area contributed by atoms with Crippen molar-refractivity contribution in [3.05, 3.63) is 40.5 Å². The molecule has 120 valence electrons. The maximum atomic E-state index is 11.7. The van der Waals surface area contributed by atoms with Crippen molar-refractivity contribution in [1.29, 1.82) is 0 Å². The molecule has 1 saturated heterocycles. The number of aromatic nitrogens is 1. The van der Waals surface area contributed by atoms with Crippen molar-refractivity contribution in [2.24, 2.45) is 5.73 Å². The Balaban J connectivity index is 1.65. The normalized spacial score (nSPS) is 24.0. The first kappa shape index (κ1) is 14.8.